The minimum atomic E-state index is -1.18. The van der Waals surface area contributed by atoms with Gasteiger partial charge in [0.25, 0.3) is 0 Å². The summed E-state index contributed by atoms with van der Waals surface area (Å²) >= 11 is 0. The van der Waals surface area contributed by atoms with Crippen LogP contribution in [0.3, 0.4) is 0 Å². The number of hydrogen-bond donors (Lipinski definition) is 3. The Bertz CT molecular complexity index is 1170. The molecule has 0 aliphatic heterocycles. The first-order valence-electron chi connectivity index (χ1n) is 8.89. The molecular weight excluding hydrogens is 368 g/mol. The number of nitrogen functional groups attached to an aromatic ring is 1. The first-order valence-corrected chi connectivity index (χ1v) is 8.89. The molecular formula is C23H18N2O4. The highest BCUT2D eigenvalue weighted by Gasteiger charge is 2.12. The van der Waals surface area contributed by atoms with Gasteiger partial charge in [-0.05, 0) is 42.0 Å². The third-order valence-electron chi connectivity index (χ3n) is 4.51. The fraction of sp³-hybridized carbons (Fsp3) is 0. The molecule has 0 bridgehead atoms. The molecule has 6 heteroatoms. The van der Waals surface area contributed by atoms with E-state index in [0.717, 1.165) is 16.9 Å². The summed E-state index contributed by atoms with van der Waals surface area (Å²) in [5.41, 5.74) is 8.92. The van der Waals surface area contributed by atoms with Gasteiger partial charge in [-0.25, -0.2) is 4.79 Å². The summed E-state index contributed by atoms with van der Waals surface area (Å²) in [6, 6.07) is 21.5. The molecule has 0 aliphatic carbocycles. The van der Waals surface area contributed by atoms with Gasteiger partial charge in [0.05, 0.1) is 5.69 Å². The molecule has 3 aromatic carbocycles. The van der Waals surface area contributed by atoms with Crippen molar-refractivity contribution < 1.29 is 19.7 Å². The Morgan fingerprint density at radius 3 is 2.24 bits per heavy atom. The summed E-state index contributed by atoms with van der Waals surface area (Å²) < 4.78 is 7.55. The zero-order chi connectivity index (χ0) is 20.4. The molecule has 0 spiro atoms. The monoisotopic (exact) mass is 386 g/mol. The van der Waals surface area contributed by atoms with Crippen molar-refractivity contribution in [1.82, 2.24) is 4.57 Å². The zero-order valence-electron chi connectivity index (χ0n) is 15.3. The molecule has 1 heterocycles. The lowest BCUT2D eigenvalue weighted by Crippen LogP contribution is -1.98. The number of aromatic carboxylic acids is 1. The third-order valence-corrected chi connectivity index (χ3v) is 4.51. The Kier molecular flexibility index (Phi) is 4.66. The summed E-state index contributed by atoms with van der Waals surface area (Å²) in [4.78, 5) is 11.1. The van der Waals surface area contributed by atoms with Gasteiger partial charge in [0.15, 0.2) is 0 Å². The minimum Gasteiger partial charge on any atom is -0.507 e. The average Bonchev–Trinajstić information content (AvgIpc) is 3.11. The van der Waals surface area contributed by atoms with Crippen molar-refractivity contribution in [3.05, 3.63) is 90.8 Å². The van der Waals surface area contributed by atoms with Crippen LogP contribution in [0.5, 0.6) is 17.2 Å². The number of aromatic nitrogens is 1. The van der Waals surface area contributed by atoms with Gasteiger partial charge in [0.1, 0.15) is 22.8 Å². The minimum absolute atomic E-state index is 0.150. The largest absolute Gasteiger partial charge is 0.507 e. The van der Waals surface area contributed by atoms with Gasteiger partial charge in [-0.2, -0.15) is 0 Å². The standard InChI is InChI=1S/C23H18N2O4/c24-21-14-25(16-8-11-19(23(27)28)22(26)12-16)13-20(21)15-6-9-18(10-7-15)29-17-4-2-1-3-5-17/h1-14,26H,24H2,(H,27,28). The summed E-state index contributed by atoms with van der Waals surface area (Å²) in [5, 5.41) is 19.0. The highest BCUT2D eigenvalue weighted by molar-refractivity contribution is 5.91. The van der Waals surface area contributed by atoms with Crippen LogP contribution in [0.1, 0.15) is 10.4 Å². The molecule has 4 N–H and O–H groups in total. The molecule has 0 unspecified atom stereocenters. The lowest BCUT2D eigenvalue weighted by atomic mass is 10.1. The van der Waals surface area contributed by atoms with Gasteiger partial charge in [-0.15, -0.1) is 0 Å². The maximum absolute atomic E-state index is 11.1. The maximum Gasteiger partial charge on any atom is 0.339 e. The van der Waals surface area contributed by atoms with Gasteiger partial charge in [-0.1, -0.05) is 30.3 Å². The number of carbonyl (C=O) groups is 1. The SMILES string of the molecule is Nc1cn(-c2ccc(C(=O)O)c(O)c2)cc1-c1ccc(Oc2ccccc2)cc1. The number of anilines is 1. The van der Waals surface area contributed by atoms with Crippen LogP contribution in [-0.2, 0) is 0 Å². The molecule has 144 valence electrons. The molecule has 29 heavy (non-hydrogen) atoms. The number of phenols is 1. The number of para-hydroxylation sites is 1. The van der Waals surface area contributed by atoms with Crippen molar-refractivity contribution in [2.45, 2.75) is 0 Å². The molecule has 0 amide bonds. The second-order valence-electron chi connectivity index (χ2n) is 6.48. The van der Waals surface area contributed by atoms with Gasteiger partial charge < -0.3 is 25.3 Å². The number of ether oxygens (including phenoxy) is 1. The number of nitrogens with zero attached hydrogens (tertiary/aromatic N) is 1. The number of carboxylic acids is 1. The number of rotatable bonds is 5. The van der Waals surface area contributed by atoms with Crippen molar-refractivity contribution in [2.75, 3.05) is 5.73 Å². The molecule has 0 saturated carbocycles. The Balaban J connectivity index is 1.59. The van der Waals surface area contributed by atoms with Crippen molar-refractivity contribution in [2.24, 2.45) is 0 Å². The summed E-state index contributed by atoms with van der Waals surface area (Å²) in [5.74, 6) is -0.00604. The fourth-order valence-electron chi connectivity index (χ4n) is 3.05. The predicted molar refractivity (Wildman–Crippen MR) is 111 cm³/mol. The lowest BCUT2D eigenvalue weighted by molar-refractivity contribution is 0.0693. The molecule has 0 saturated heterocycles. The first-order chi connectivity index (χ1) is 14.0. The van der Waals surface area contributed by atoms with E-state index in [-0.39, 0.29) is 11.3 Å². The number of nitrogens with two attached hydrogens (primary N) is 1. The summed E-state index contributed by atoms with van der Waals surface area (Å²) in [6.45, 7) is 0. The highest BCUT2D eigenvalue weighted by atomic mass is 16.5. The van der Waals surface area contributed by atoms with E-state index in [9.17, 15) is 9.90 Å². The van der Waals surface area contributed by atoms with Crippen LogP contribution < -0.4 is 10.5 Å². The second kappa shape index (κ2) is 7.44. The second-order valence-corrected chi connectivity index (χ2v) is 6.48. The van der Waals surface area contributed by atoms with Crippen LogP contribution in [0, 0.1) is 0 Å². The molecule has 4 aromatic rings. The van der Waals surface area contributed by atoms with Crippen molar-refractivity contribution in [3.63, 3.8) is 0 Å². The van der Waals surface area contributed by atoms with Gasteiger partial charge in [-0.3, -0.25) is 0 Å². The molecule has 6 nitrogen and oxygen atoms in total. The fourth-order valence-corrected chi connectivity index (χ4v) is 3.05. The average molecular weight is 386 g/mol. The number of carboxylic acid groups (broad SMARTS) is 1. The molecule has 0 atom stereocenters. The quantitative estimate of drug-likeness (QED) is 0.452. The smallest absolute Gasteiger partial charge is 0.339 e. The Labute approximate surface area is 167 Å². The Morgan fingerprint density at radius 1 is 0.897 bits per heavy atom. The first kappa shape index (κ1) is 18.2. The topological polar surface area (TPSA) is 97.7 Å². The third kappa shape index (κ3) is 3.77. The maximum atomic E-state index is 11.1. The molecule has 4 rings (SSSR count). The normalized spacial score (nSPS) is 10.6. The number of hydrogen-bond acceptors (Lipinski definition) is 4. The van der Waals surface area contributed by atoms with E-state index in [1.807, 2.05) is 60.8 Å². The van der Waals surface area contributed by atoms with Gasteiger partial charge in [0, 0.05) is 29.7 Å². The van der Waals surface area contributed by atoms with Crippen LogP contribution in [0.4, 0.5) is 5.69 Å². The summed E-state index contributed by atoms with van der Waals surface area (Å²) in [6.07, 6.45) is 3.55. The van der Waals surface area contributed by atoms with E-state index in [2.05, 4.69) is 0 Å². The van der Waals surface area contributed by atoms with Crippen LogP contribution in [-0.4, -0.2) is 20.7 Å². The van der Waals surface area contributed by atoms with Crippen molar-refractivity contribution in [1.29, 1.82) is 0 Å². The van der Waals surface area contributed by atoms with Crippen LogP contribution >= 0.6 is 0 Å². The molecule has 0 radical (unpaired) electrons. The number of aromatic hydroxyl groups is 1. The van der Waals surface area contributed by atoms with Crippen LogP contribution in [0.2, 0.25) is 0 Å². The van der Waals surface area contributed by atoms with Crippen LogP contribution in [0.25, 0.3) is 16.8 Å². The summed E-state index contributed by atoms with van der Waals surface area (Å²) in [7, 11) is 0. The van der Waals surface area contributed by atoms with E-state index in [4.69, 9.17) is 15.6 Å². The van der Waals surface area contributed by atoms with E-state index in [1.54, 1.807) is 16.8 Å². The van der Waals surface area contributed by atoms with Crippen molar-refractivity contribution >= 4 is 11.7 Å². The predicted octanol–water partition coefficient (Wildman–Crippen LogP) is 4.92. The lowest BCUT2D eigenvalue weighted by Gasteiger charge is -2.07. The number of benzene rings is 3. The van der Waals surface area contributed by atoms with E-state index >= 15 is 0 Å². The van der Waals surface area contributed by atoms with Gasteiger partial charge >= 0.3 is 5.97 Å². The Hall–Kier alpha value is -4.19. The highest BCUT2D eigenvalue weighted by Crippen LogP contribution is 2.32. The molecule has 0 aliphatic rings. The van der Waals surface area contributed by atoms with Crippen molar-refractivity contribution in [3.8, 4) is 34.1 Å². The Morgan fingerprint density at radius 2 is 1.59 bits per heavy atom. The van der Waals surface area contributed by atoms with Gasteiger partial charge in [0.2, 0.25) is 0 Å². The molecule has 0 fully saturated rings. The van der Waals surface area contributed by atoms with Crippen LogP contribution in [0.15, 0.2) is 85.2 Å². The zero-order valence-corrected chi connectivity index (χ0v) is 15.3. The molecule has 1 aromatic heterocycles. The van der Waals surface area contributed by atoms with E-state index in [0.29, 0.717) is 17.1 Å². The van der Waals surface area contributed by atoms with E-state index < -0.39 is 5.97 Å². The van der Waals surface area contributed by atoms with E-state index in [1.165, 1.54) is 12.1 Å².